The summed E-state index contributed by atoms with van der Waals surface area (Å²) < 4.78 is 38.2. The van der Waals surface area contributed by atoms with Crippen molar-refractivity contribution in [1.29, 1.82) is 0 Å². The van der Waals surface area contributed by atoms with E-state index in [0.717, 1.165) is 12.1 Å². The van der Waals surface area contributed by atoms with Crippen LogP contribution in [0.4, 0.5) is 8.78 Å². The fraction of sp³-hybridized carbons (Fsp3) is 0.360. The Kier molecular flexibility index (Phi) is 8.93. The fourth-order valence-corrected chi connectivity index (χ4v) is 3.35. The lowest BCUT2D eigenvalue weighted by Crippen LogP contribution is -2.44. The minimum absolute atomic E-state index is 0.0495. The molecule has 0 aliphatic heterocycles. The maximum atomic E-state index is 13.8. The van der Waals surface area contributed by atoms with Gasteiger partial charge in [0.2, 0.25) is 0 Å². The molecule has 0 aliphatic carbocycles. The van der Waals surface area contributed by atoms with Crippen LogP contribution in [0.2, 0.25) is 0 Å². The summed E-state index contributed by atoms with van der Waals surface area (Å²) in [6.45, 7) is 9.85. The lowest BCUT2D eigenvalue weighted by atomic mass is 10.1. The Hall–Kier alpha value is -3.22. The molecule has 2 rings (SSSR count). The van der Waals surface area contributed by atoms with Crippen LogP contribution >= 0.6 is 0 Å². The Morgan fingerprint density at radius 2 is 1.66 bits per heavy atom. The van der Waals surface area contributed by atoms with Crippen LogP contribution in [-0.4, -0.2) is 41.9 Å². The largest absolute Gasteiger partial charge is 0.490 e. The predicted octanol–water partition coefficient (Wildman–Crippen LogP) is 5.28. The lowest BCUT2D eigenvalue weighted by molar-refractivity contribution is -0.137. The smallest absolute Gasteiger partial charge is 0.260 e. The molecule has 1 amide bonds. The maximum absolute atomic E-state index is 13.8. The molecule has 0 aromatic heterocycles. The van der Waals surface area contributed by atoms with Crippen LogP contribution in [-0.2, 0) is 4.79 Å². The van der Waals surface area contributed by atoms with E-state index in [1.54, 1.807) is 23.1 Å². The summed E-state index contributed by atoms with van der Waals surface area (Å²) in [4.78, 5) is 26.5. The van der Waals surface area contributed by atoms with E-state index >= 15 is 0 Å². The van der Waals surface area contributed by atoms with Crippen molar-refractivity contribution in [3.05, 3.63) is 65.2 Å². The van der Waals surface area contributed by atoms with Crippen molar-refractivity contribution in [2.45, 2.75) is 46.7 Å². The molecule has 0 atom stereocenters. The normalized spacial score (nSPS) is 11.3. The van der Waals surface area contributed by atoms with Crippen LogP contribution in [0, 0.1) is 11.6 Å². The number of carbonyl (C=O) groups excluding carboxylic acids is 2. The fourth-order valence-electron chi connectivity index (χ4n) is 3.35. The van der Waals surface area contributed by atoms with Crippen LogP contribution in [0.15, 0.2) is 42.5 Å². The number of benzene rings is 2. The number of rotatable bonds is 10. The Balaban J connectivity index is 2.15. The van der Waals surface area contributed by atoms with Crippen molar-refractivity contribution in [2.75, 3.05) is 13.2 Å². The van der Waals surface area contributed by atoms with Crippen molar-refractivity contribution in [1.82, 2.24) is 4.90 Å². The van der Waals surface area contributed by atoms with Gasteiger partial charge in [0.05, 0.1) is 12.2 Å². The zero-order valence-corrected chi connectivity index (χ0v) is 19.0. The molecule has 0 saturated heterocycles. The molecule has 0 spiro atoms. The molecule has 0 N–H and O–H groups in total. The molecule has 0 heterocycles. The SMILES string of the molecule is CCOc1cc(/C=C/C(=O)c2ccc(F)cc2F)ccc1OCC(=O)N(C(C)C)C(C)C. The zero-order valence-electron chi connectivity index (χ0n) is 19.0. The van der Waals surface area contributed by atoms with Crippen molar-refractivity contribution in [3.8, 4) is 11.5 Å². The third-order valence-corrected chi connectivity index (χ3v) is 4.64. The molecule has 0 aliphatic rings. The number of hydrogen-bond donors (Lipinski definition) is 0. The third-order valence-electron chi connectivity index (χ3n) is 4.64. The van der Waals surface area contributed by atoms with Gasteiger partial charge in [-0.3, -0.25) is 9.59 Å². The van der Waals surface area contributed by atoms with Crippen LogP contribution in [0.5, 0.6) is 11.5 Å². The molecular formula is C25H29F2NO4. The molecule has 32 heavy (non-hydrogen) atoms. The average Bonchev–Trinajstić information content (AvgIpc) is 2.71. The van der Waals surface area contributed by atoms with Gasteiger partial charge in [0.1, 0.15) is 11.6 Å². The molecule has 0 bridgehead atoms. The monoisotopic (exact) mass is 445 g/mol. The first-order valence-corrected chi connectivity index (χ1v) is 10.5. The molecule has 5 nitrogen and oxygen atoms in total. The van der Waals surface area contributed by atoms with E-state index in [1.807, 2.05) is 34.6 Å². The lowest BCUT2D eigenvalue weighted by Gasteiger charge is -2.30. The molecule has 2 aromatic carbocycles. The molecule has 7 heteroatoms. The first kappa shape index (κ1) is 25.0. The van der Waals surface area contributed by atoms with Gasteiger partial charge in [-0.05, 0) is 70.5 Å². The number of nitrogens with zero attached hydrogens (tertiary/aromatic N) is 1. The third kappa shape index (κ3) is 6.64. The van der Waals surface area contributed by atoms with E-state index in [4.69, 9.17) is 9.47 Å². The highest BCUT2D eigenvalue weighted by molar-refractivity contribution is 6.07. The number of ether oxygens (including phenoxy) is 2. The van der Waals surface area contributed by atoms with Gasteiger partial charge >= 0.3 is 0 Å². The minimum atomic E-state index is -0.917. The quantitative estimate of drug-likeness (QED) is 0.369. The number of ketones is 1. The Morgan fingerprint density at radius 1 is 0.969 bits per heavy atom. The first-order chi connectivity index (χ1) is 15.1. The van der Waals surface area contributed by atoms with Crippen molar-refractivity contribution < 1.29 is 27.8 Å². The van der Waals surface area contributed by atoms with Crippen LogP contribution in [0.3, 0.4) is 0 Å². The van der Waals surface area contributed by atoms with E-state index in [1.165, 1.54) is 12.2 Å². The topological polar surface area (TPSA) is 55.8 Å². The standard InChI is InChI=1S/C25H29F2NO4/c1-6-31-24-13-18(7-11-22(29)20-10-9-19(26)14-21(20)27)8-12-23(24)32-15-25(30)28(16(2)3)17(4)5/h7-14,16-17H,6,15H2,1-5H3/b11-7+. The molecule has 2 aromatic rings. The van der Waals surface area contributed by atoms with Gasteiger partial charge in [-0.25, -0.2) is 8.78 Å². The Bertz CT molecular complexity index is 978. The van der Waals surface area contributed by atoms with Gasteiger partial charge in [-0.1, -0.05) is 12.1 Å². The number of amides is 1. The van der Waals surface area contributed by atoms with E-state index < -0.39 is 17.4 Å². The average molecular weight is 446 g/mol. The van der Waals surface area contributed by atoms with Gasteiger partial charge in [0.25, 0.3) is 5.91 Å². The summed E-state index contributed by atoms with van der Waals surface area (Å²) in [7, 11) is 0. The summed E-state index contributed by atoms with van der Waals surface area (Å²) >= 11 is 0. The summed E-state index contributed by atoms with van der Waals surface area (Å²) in [5.74, 6) is -1.56. The van der Waals surface area contributed by atoms with Gasteiger partial charge in [0.15, 0.2) is 23.9 Å². The predicted molar refractivity (Wildman–Crippen MR) is 120 cm³/mol. The van der Waals surface area contributed by atoms with E-state index in [2.05, 4.69) is 0 Å². The van der Waals surface area contributed by atoms with Gasteiger partial charge in [-0.15, -0.1) is 0 Å². The van der Waals surface area contributed by atoms with Crippen molar-refractivity contribution >= 4 is 17.8 Å². The maximum Gasteiger partial charge on any atom is 0.260 e. The number of carbonyl (C=O) groups is 2. The summed E-state index contributed by atoms with van der Waals surface area (Å²) in [6.07, 6.45) is 2.70. The second kappa shape index (κ2) is 11.4. The molecule has 0 saturated carbocycles. The molecule has 172 valence electrons. The summed E-state index contributed by atoms with van der Waals surface area (Å²) in [5, 5.41) is 0. The Labute approximate surface area is 187 Å². The molecule has 0 unspecified atom stereocenters. The van der Waals surface area contributed by atoms with Crippen LogP contribution in [0.1, 0.15) is 50.5 Å². The van der Waals surface area contributed by atoms with Gasteiger partial charge in [0, 0.05) is 18.2 Å². The van der Waals surface area contributed by atoms with Gasteiger partial charge in [-0.2, -0.15) is 0 Å². The van der Waals surface area contributed by atoms with Crippen LogP contribution < -0.4 is 9.47 Å². The molecule has 0 radical (unpaired) electrons. The molecule has 0 fully saturated rings. The van der Waals surface area contributed by atoms with E-state index in [-0.39, 0.29) is 30.2 Å². The minimum Gasteiger partial charge on any atom is -0.490 e. The second-order valence-corrected chi connectivity index (χ2v) is 7.74. The van der Waals surface area contributed by atoms with E-state index in [9.17, 15) is 18.4 Å². The highest BCUT2D eigenvalue weighted by atomic mass is 19.1. The summed E-state index contributed by atoms with van der Waals surface area (Å²) in [6, 6.07) is 7.91. The Morgan fingerprint density at radius 3 is 2.25 bits per heavy atom. The highest BCUT2D eigenvalue weighted by Crippen LogP contribution is 2.29. The van der Waals surface area contributed by atoms with Crippen molar-refractivity contribution in [3.63, 3.8) is 0 Å². The van der Waals surface area contributed by atoms with Crippen molar-refractivity contribution in [2.24, 2.45) is 0 Å². The first-order valence-electron chi connectivity index (χ1n) is 10.5. The summed E-state index contributed by atoms with van der Waals surface area (Å²) in [5.41, 5.74) is 0.403. The van der Waals surface area contributed by atoms with Gasteiger partial charge < -0.3 is 14.4 Å². The number of allylic oxidation sites excluding steroid dienone is 1. The number of hydrogen-bond acceptors (Lipinski definition) is 4. The van der Waals surface area contributed by atoms with E-state index in [0.29, 0.717) is 29.7 Å². The second-order valence-electron chi connectivity index (χ2n) is 7.74. The zero-order chi connectivity index (χ0) is 23.8. The molecular weight excluding hydrogens is 416 g/mol. The van der Waals surface area contributed by atoms with Crippen LogP contribution in [0.25, 0.3) is 6.08 Å². The number of halogens is 2. The highest BCUT2D eigenvalue weighted by Gasteiger charge is 2.21.